The number of para-hydroxylation sites is 1. The molecule has 10 heteroatoms. The van der Waals surface area contributed by atoms with Crippen LogP contribution >= 0.6 is 27.3 Å². The van der Waals surface area contributed by atoms with E-state index in [0.29, 0.717) is 10.5 Å². The van der Waals surface area contributed by atoms with Gasteiger partial charge in [-0.15, -0.1) is 11.3 Å². The van der Waals surface area contributed by atoms with Crippen molar-refractivity contribution >= 4 is 55.8 Å². The minimum atomic E-state index is -0.447. The van der Waals surface area contributed by atoms with Gasteiger partial charge in [-0.2, -0.15) is 5.10 Å². The zero-order valence-corrected chi connectivity index (χ0v) is 19.8. The fraction of sp³-hybridized carbons (Fsp3) is 0. The summed E-state index contributed by atoms with van der Waals surface area (Å²) in [5, 5.41) is 18.5. The zero-order chi connectivity index (χ0) is 23.7. The number of halogens is 2. The zero-order valence-electron chi connectivity index (χ0n) is 17.4. The lowest BCUT2D eigenvalue weighted by atomic mass is 10.1. The van der Waals surface area contributed by atoms with Gasteiger partial charge in [-0.3, -0.25) is 10.1 Å². The average Bonchev–Trinajstić information content (AvgIpc) is 3.42. The van der Waals surface area contributed by atoms with Crippen LogP contribution in [0.15, 0.2) is 92.9 Å². The van der Waals surface area contributed by atoms with E-state index in [9.17, 15) is 14.5 Å². The van der Waals surface area contributed by atoms with Gasteiger partial charge in [-0.25, -0.2) is 14.1 Å². The van der Waals surface area contributed by atoms with Crippen LogP contribution in [0.5, 0.6) is 0 Å². The summed E-state index contributed by atoms with van der Waals surface area (Å²) < 4.78 is 16.8. The van der Waals surface area contributed by atoms with Crippen molar-refractivity contribution in [1.29, 1.82) is 0 Å². The van der Waals surface area contributed by atoms with Crippen LogP contribution in [0.25, 0.3) is 22.2 Å². The highest BCUT2D eigenvalue weighted by atomic mass is 79.9. The molecule has 0 aliphatic rings. The number of H-pyrrole nitrogens is 1. The molecule has 0 fully saturated rings. The van der Waals surface area contributed by atoms with Crippen LogP contribution in [-0.2, 0) is 0 Å². The summed E-state index contributed by atoms with van der Waals surface area (Å²) in [6.45, 7) is 0. The Balaban J connectivity index is 1.65. The number of non-ortho nitro benzene ring substituents is 1. The predicted molar refractivity (Wildman–Crippen MR) is 135 cm³/mol. The van der Waals surface area contributed by atoms with Crippen LogP contribution in [-0.4, -0.2) is 20.8 Å². The number of aromatic amines is 1. The van der Waals surface area contributed by atoms with Crippen LogP contribution in [0.4, 0.5) is 15.8 Å². The van der Waals surface area contributed by atoms with Gasteiger partial charge >= 0.3 is 0 Å². The molecular weight excluding hydrogens is 521 g/mol. The number of fused-ring (bicyclic) bond motifs is 1. The van der Waals surface area contributed by atoms with Gasteiger partial charge in [0, 0.05) is 50.2 Å². The molecular formula is C24H15BrFN5O2S. The van der Waals surface area contributed by atoms with Crippen LogP contribution in [0.3, 0.4) is 0 Å². The molecule has 0 saturated carbocycles. The van der Waals surface area contributed by atoms with E-state index in [2.05, 4.69) is 31.0 Å². The molecule has 0 aliphatic carbocycles. The monoisotopic (exact) mass is 535 g/mol. The van der Waals surface area contributed by atoms with E-state index in [1.54, 1.807) is 41.2 Å². The average molecular weight is 536 g/mol. The Bertz CT molecular complexity index is 1620. The molecule has 0 aliphatic heterocycles. The topological polar surface area (TPSA) is 88.6 Å². The molecule has 5 rings (SSSR count). The number of hydrogen-bond acceptors (Lipinski definition) is 5. The quantitative estimate of drug-likeness (QED) is 0.155. The minimum absolute atomic E-state index is 0.00494. The summed E-state index contributed by atoms with van der Waals surface area (Å²) in [5.41, 5.74) is 3.41. The van der Waals surface area contributed by atoms with Crippen molar-refractivity contribution in [1.82, 2.24) is 9.66 Å². The van der Waals surface area contributed by atoms with Gasteiger partial charge in [-0.05, 0) is 42.5 Å². The fourth-order valence-electron chi connectivity index (χ4n) is 3.43. The summed E-state index contributed by atoms with van der Waals surface area (Å²) in [6.07, 6.45) is 3.56. The summed E-state index contributed by atoms with van der Waals surface area (Å²) >= 11 is 4.79. The van der Waals surface area contributed by atoms with E-state index in [4.69, 9.17) is 0 Å². The molecule has 1 N–H and O–H groups in total. The van der Waals surface area contributed by atoms with Gasteiger partial charge in [0.05, 0.1) is 16.8 Å². The largest absolute Gasteiger partial charge is 0.361 e. The molecule has 0 atom stereocenters. The third-order valence-corrected chi connectivity index (χ3v) is 6.43. The molecule has 0 radical (unpaired) electrons. The Morgan fingerprint density at radius 2 is 1.91 bits per heavy atom. The Morgan fingerprint density at radius 3 is 2.68 bits per heavy atom. The van der Waals surface area contributed by atoms with Gasteiger partial charge in [0.25, 0.3) is 5.69 Å². The lowest BCUT2D eigenvalue weighted by molar-refractivity contribution is -0.384. The molecule has 2 aromatic heterocycles. The Kier molecular flexibility index (Phi) is 5.91. The van der Waals surface area contributed by atoms with E-state index < -0.39 is 10.7 Å². The van der Waals surface area contributed by atoms with E-state index in [-0.39, 0.29) is 11.4 Å². The van der Waals surface area contributed by atoms with Gasteiger partial charge in [0.15, 0.2) is 0 Å². The third kappa shape index (κ3) is 4.33. The number of aromatic nitrogens is 2. The number of nitrogens with zero attached hydrogens (tertiary/aromatic N) is 4. The highest BCUT2D eigenvalue weighted by Gasteiger charge is 2.12. The first-order valence-corrected chi connectivity index (χ1v) is 11.7. The van der Waals surface area contributed by atoms with Crippen molar-refractivity contribution in [3.63, 3.8) is 0 Å². The standard InChI is InChI=1S/C24H15BrFN5O2S/c25-17-7-10-21-19(11-17)16(12-27-21)13-28-30-23(15-5-8-18(9-6-15)31(32)33)14-34-24(30)29-22-4-2-1-3-20(22)26/h1-14,27H. The van der Waals surface area contributed by atoms with Crippen LogP contribution in [0.1, 0.15) is 5.56 Å². The van der Waals surface area contributed by atoms with Gasteiger partial charge in [-0.1, -0.05) is 28.1 Å². The van der Waals surface area contributed by atoms with Crippen molar-refractivity contribution in [2.75, 3.05) is 0 Å². The molecule has 0 amide bonds. The second-order valence-corrected chi connectivity index (χ2v) is 9.01. The normalized spacial score (nSPS) is 12.1. The molecule has 3 aromatic carbocycles. The van der Waals surface area contributed by atoms with Gasteiger partial charge < -0.3 is 4.98 Å². The number of rotatable bonds is 5. The van der Waals surface area contributed by atoms with Gasteiger partial charge in [0.2, 0.25) is 4.80 Å². The van der Waals surface area contributed by atoms with E-state index >= 15 is 0 Å². The minimum Gasteiger partial charge on any atom is -0.361 e. The molecule has 168 valence electrons. The van der Waals surface area contributed by atoms with E-state index in [1.165, 1.54) is 29.5 Å². The molecule has 7 nitrogen and oxygen atoms in total. The third-order valence-electron chi connectivity index (χ3n) is 5.12. The van der Waals surface area contributed by atoms with Crippen molar-refractivity contribution in [2.24, 2.45) is 10.1 Å². The van der Waals surface area contributed by atoms with Crippen molar-refractivity contribution in [3.05, 3.63) is 109 Å². The summed E-state index contributed by atoms with van der Waals surface area (Å²) in [7, 11) is 0. The first-order chi connectivity index (χ1) is 16.5. The summed E-state index contributed by atoms with van der Waals surface area (Å²) in [5.74, 6) is -0.440. The molecule has 0 spiro atoms. The van der Waals surface area contributed by atoms with Crippen molar-refractivity contribution < 1.29 is 9.31 Å². The number of thiazole rings is 1. The molecule has 0 saturated heterocycles. The summed E-state index contributed by atoms with van der Waals surface area (Å²) in [4.78, 5) is 18.7. The maximum Gasteiger partial charge on any atom is 0.269 e. The fourth-order valence-corrected chi connectivity index (χ4v) is 4.64. The number of nitro benzene ring substituents is 1. The molecule has 0 unspecified atom stereocenters. The molecule has 2 heterocycles. The van der Waals surface area contributed by atoms with Crippen LogP contribution in [0.2, 0.25) is 0 Å². The van der Waals surface area contributed by atoms with Crippen molar-refractivity contribution in [3.8, 4) is 11.3 Å². The maximum atomic E-state index is 14.3. The SMILES string of the molecule is O=[N+]([O-])c1ccc(-c2csc(=Nc3ccccc3F)n2N=Cc2c[nH]c3ccc(Br)cc23)cc1. The lowest BCUT2D eigenvalue weighted by Crippen LogP contribution is -2.11. The number of hydrogen-bond donors (Lipinski definition) is 1. The van der Waals surface area contributed by atoms with E-state index in [1.807, 2.05) is 29.8 Å². The number of nitrogens with one attached hydrogen (secondary N) is 1. The van der Waals surface area contributed by atoms with Crippen molar-refractivity contribution in [2.45, 2.75) is 0 Å². The first kappa shape index (κ1) is 21.9. The van der Waals surface area contributed by atoms with Gasteiger partial charge in [0.1, 0.15) is 11.5 Å². The number of nitro groups is 1. The Morgan fingerprint density at radius 1 is 1.12 bits per heavy atom. The Hall–Kier alpha value is -3.89. The second-order valence-electron chi connectivity index (χ2n) is 7.26. The molecule has 34 heavy (non-hydrogen) atoms. The second kappa shape index (κ2) is 9.16. The lowest BCUT2D eigenvalue weighted by Gasteiger charge is -2.04. The molecule has 0 bridgehead atoms. The Labute approximate surface area is 204 Å². The smallest absolute Gasteiger partial charge is 0.269 e. The predicted octanol–water partition coefficient (Wildman–Crippen LogP) is 6.62. The van der Waals surface area contributed by atoms with Crippen LogP contribution < -0.4 is 4.80 Å². The summed E-state index contributed by atoms with van der Waals surface area (Å²) in [6, 6.07) is 18.3. The highest BCUT2D eigenvalue weighted by Crippen LogP contribution is 2.25. The molecule has 5 aromatic rings. The van der Waals surface area contributed by atoms with Crippen LogP contribution in [0, 0.1) is 15.9 Å². The highest BCUT2D eigenvalue weighted by molar-refractivity contribution is 9.10. The number of benzene rings is 3. The maximum absolute atomic E-state index is 14.3. The van der Waals surface area contributed by atoms with E-state index in [0.717, 1.165) is 26.5 Å². The first-order valence-electron chi connectivity index (χ1n) is 10.1.